The number of carbonyl (C=O) groups is 1. The first-order valence-corrected chi connectivity index (χ1v) is 12.6. The molecule has 0 spiro atoms. The van der Waals surface area contributed by atoms with E-state index in [0.29, 0.717) is 48.9 Å². The van der Waals surface area contributed by atoms with Crippen molar-refractivity contribution in [2.45, 2.75) is 25.2 Å². The van der Waals surface area contributed by atoms with Crippen LogP contribution in [-0.2, 0) is 9.53 Å². The molecule has 0 saturated carbocycles. The molecule has 0 radical (unpaired) electrons. The average Bonchev–Trinajstić information content (AvgIpc) is 3.33. The summed E-state index contributed by atoms with van der Waals surface area (Å²) in [5, 5.41) is 4.90. The number of unbranched alkanes of at least 4 members (excludes halogenated alkanes) is 1. The molecule has 38 heavy (non-hydrogen) atoms. The monoisotopic (exact) mass is 521 g/mol. The molecule has 0 atom stereocenters. The number of H-pyrrole nitrogens is 1. The van der Waals surface area contributed by atoms with Crippen LogP contribution in [0.5, 0.6) is 5.75 Å². The second-order valence-electron chi connectivity index (χ2n) is 9.22. The number of rotatable bonds is 10. The third-order valence-electron chi connectivity index (χ3n) is 6.41. The number of esters is 1. The van der Waals surface area contributed by atoms with E-state index in [1.54, 1.807) is 18.2 Å². The van der Waals surface area contributed by atoms with E-state index in [4.69, 9.17) is 9.47 Å². The van der Waals surface area contributed by atoms with Crippen molar-refractivity contribution in [2.24, 2.45) is 0 Å². The largest absolute Gasteiger partial charge is 0.423 e. The van der Waals surface area contributed by atoms with Gasteiger partial charge in [-0.2, -0.15) is 0 Å². The molecule has 8 nitrogen and oxygen atoms in total. The molecular formula is C28H29F2N5O3. The van der Waals surface area contributed by atoms with Crippen LogP contribution in [0, 0.1) is 0 Å². The number of nitrogens with zero attached hydrogens (tertiary/aromatic N) is 3. The summed E-state index contributed by atoms with van der Waals surface area (Å²) in [4.78, 5) is 26.4. The van der Waals surface area contributed by atoms with Gasteiger partial charge in [-0.1, -0.05) is 18.2 Å². The number of allylic oxidation sites excluding steroid dienone is 1. The number of carbonyl (C=O) groups excluding carboxylic acids is 1. The Labute approximate surface area is 218 Å². The molecule has 0 unspecified atom stereocenters. The number of aromatic nitrogens is 3. The number of hydrogen-bond acceptors (Lipinski definition) is 7. The third-order valence-corrected chi connectivity index (χ3v) is 6.41. The number of benzene rings is 2. The van der Waals surface area contributed by atoms with Gasteiger partial charge in [0.15, 0.2) is 0 Å². The van der Waals surface area contributed by atoms with Gasteiger partial charge in [-0.25, -0.2) is 23.5 Å². The molecule has 5 rings (SSSR count). The molecule has 1 saturated heterocycles. The van der Waals surface area contributed by atoms with Crippen LogP contribution < -0.4 is 10.1 Å². The quantitative estimate of drug-likeness (QED) is 0.124. The molecule has 4 aromatic rings. The van der Waals surface area contributed by atoms with Crippen LogP contribution in [0.15, 0.2) is 67.0 Å². The highest BCUT2D eigenvalue weighted by Gasteiger charge is 2.25. The number of alkyl halides is 2. The van der Waals surface area contributed by atoms with E-state index >= 15 is 0 Å². The van der Waals surface area contributed by atoms with Crippen molar-refractivity contribution in [3.63, 3.8) is 0 Å². The predicted molar refractivity (Wildman–Crippen MR) is 142 cm³/mol. The molecule has 198 valence electrons. The lowest BCUT2D eigenvalue weighted by Crippen LogP contribution is -2.36. The maximum Gasteiger partial charge on any atom is 0.336 e. The number of ether oxygens (including phenoxy) is 2. The first kappa shape index (κ1) is 25.7. The summed E-state index contributed by atoms with van der Waals surface area (Å²) in [5.74, 6) is -2.50. The van der Waals surface area contributed by atoms with Gasteiger partial charge in [-0.3, -0.25) is 4.90 Å². The van der Waals surface area contributed by atoms with E-state index in [-0.39, 0.29) is 12.2 Å². The van der Waals surface area contributed by atoms with Gasteiger partial charge in [0, 0.05) is 41.9 Å². The van der Waals surface area contributed by atoms with Crippen LogP contribution >= 0.6 is 0 Å². The molecule has 1 aliphatic rings. The van der Waals surface area contributed by atoms with Gasteiger partial charge in [0.05, 0.1) is 18.7 Å². The zero-order valence-corrected chi connectivity index (χ0v) is 20.8. The highest BCUT2D eigenvalue weighted by molar-refractivity contribution is 5.93. The summed E-state index contributed by atoms with van der Waals surface area (Å²) in [6, 6.07) is 14.7. The molecule has 2 aromatic heterocycles. The van der Waals surface area contributed by atoms with Crippen molar-refractivity contribution in [3.8, 4) is 5.75 Å². The summed E-state index contributed by atoms with van der Waals surface area (Å²) in [5.41, 5.74) is 1.61. The summed E-state index contributed by atoms with van der Waals surface area (Å²) in [6.45, 7) is 3.82. The minimum Gasteiger partial charge on any atom is -0.423 e. The van der Waals surface area contributed by atoms with Gasteiger partial charge in [-0.15, -0.1) is 0 Å². The maximum absolute atomic E-state index is 14.3. The van der Waals surface area contributed by atoms with Crippen LogP contribution in [0.3, 0.4) is 0 Å². The standard InChI is InChI=1S/C28H29F2N5O3/c29-28(30,10-3-4-12-35-13-15-37-16-14-35)11-9-26(36)38-21-7-8-24-22(18-21)27(32-19-31-24)34-25-17-20-5-1-2-6-23(20)33-25/h1-2,5-9,11,17-19,33H,3-4,10,12-16H2,(H,31,32,34). The van der Waals surface area contributed by atoms with Gasteiger partial charge in [0.1, 0.15) is 23.7 Å². The number of hydrogen-bond donors (Lipinski definition) is 2. The fourth-order valence-corrected chi connectivity index (χ4v) is 4.41. The number of aromatic amines is 1. The number of fused-ring (bicyclic) bond motifs is 2. The van der Waals surface area contributed by atoms with Crippen molar-refractivity contribution in [1.29, 1.82) is 0 Å². The lowest BCUT2D eigenvalue weighted by molar-refractivity contribution is -0.129. The van der Waals surface area contributed by atoms with E-state index in [1.807, 2.05) is 30.3 Å². The second-order valence-corrected chi connectivity index (χ2v) is 9.22. The van der Waals surface area contributed by atoms with Gasteiger partial charge in [0.25, 0.3) is 5.92 Å². The van der Waals surface area contributed by atoms with Gasteiger partial charge in [-0.05, 0) is 55.8 Å². The Balaban J connectivity index is 1.19. The molecule has 1 fully saturated rings. The van der Waals surface area contributed by atoms with E-state index in [2.05, 4.69) is 25.2 Å². The van der Waals surface area contributed by atoms with Crippen LogP contribution in [0.2, 0.25) is 0 Å². The number of anilines is 2. The summed E-state index contributed by atoms with van der Waals surface area (Å²) in [6.07, 6.45) is 3.55. The topological polar surface area (TPSA) is 92.4 Å². The molecule has 1 aliphatic heterocycles. The number of nitrogens with one attached hydrogen (secondary N) is 2. The highest BCUT2D eigenvalue weighted by Crippen LogP contribution is 2.28. The van der Waals surface area contributed by atoms with Gasteiger partial charge in [0.2, 0.25) is 0 Å². The van der Waals surface area contributed by atoms with Crippen molar-refractivity contribution in [1.82, 2.24) is 19.9 Å². The van der Waals surface area contributed by atoms with Crippen molar-refractivity contribution in [2.75, 3.05) is 38.2 Å². The van der Waals surface area contributed by atoms with E-state index in [9.17, 15) is 13.6 Å². The molecular weight excluding hydrogens is 492 g/mol. The molecule has 0 aliphatic carbocycles. The van der Waals surface area contributed by atoms with Crippen LogP contribution in [0.1, 0.15) is 19.3 Å². The molecule has 0 bridgehead atoms. The predicted octanol–water partition coefficient (Wildman–Crippen LogP) is 5.45. The van der Waals surface area contributed by atoms with Gasteiger partial charge >= 0.3 is 5.97 Å². The number of para-hydroxylation sites is 1. The Morgan fingerprint density at radius 1 is 1.13 bits per heavy atom. The summed E-state index contributed by atoms with van der Waals surface area (Å²) in [7, 11) is 0. The molecule has 10 heteroatoms. The Kier molecular flexibility index (Phi) is 7.90. The minimum absolute atomic E-state index is 0.204. The second kappa shape index (κ2) is 11.7. The van der Waals surface area contributed by atoms with Crippen LogP contribution in [0.25, 0.3) is 21.8 Å². The Bertz CT molecular complexity index is 1400. The number of halogens is 2. The lowest BCUT2D eigenvalue weighted by Gasteiger charge is -2.26. The van der Waals surface area contributed by atoms with Crippen molar-refractivity contribution in [3.05, 3.63) is 67.0 Å². The van der Waals surface area contributed by atoms with Crippen molar-refractivity contribution < 1.29 is 23.0 Å². The number of morpholine rings is 1. The van der Waals surface area contributed by atoms with Crippen molar-refractivity contribution >= 4 is 39.4 Å². The minimum atomic E-state index is -3.09. The SMILES string of the molecule is O=C(C=CC(F)(F)CCCCN1CCOCC1)Oc1ccc2ncnc(Nc3cc4ccccc4[nH]3)c2c1. The third kappa shape index (κ3) is 6.70. The van der Waals surface area contributed by atoms with E-state index in [1.165, 1.54) is 6.33 Å². The van der Waals surface area contributed by atoms with Crippen LogP contribution in [-0.4, -0.2) is 64.6 Å². The Hall–Kier alpha value is -3.89. The molecule has 0 amide bonds. The highest BCUT2D eigenvalue weighted by atomic mass is 19.3. The maximum atomic E-state index is 14.3. The Morgan fingerprint density at radius 2 is 1.97 bits per heavy atom. The summed E-state index contributed by atoms with van der Waals surface area (Å²) < 4.78 is 39.2. The lowest BCUT2D eigenvalue weighted by atomic mass is 10.1. The average molecular weight is 522 g/mol. The normalized spacial score (nSPS) is 14.9. The zero-order valence-electron chi connectivity index (χ0n) is 20.8. The molecule has 3 heterocycles. The first-order chi connectivity index (χ1) is 18.4. The molecule has 2 aromatic carbocycles. The molecule has 2 N–H and O–H groups in total. The Morgan fingerprint density at radius 3 is 2.82 bits per heavy atom. The first-order valence-electron chi connectivity index (χ1n) is 12.6. The van der Waals surface area contributed by atoms with Gasteiger partial charge < -0.3 is 19.8 Å². The van der Waals surface area contributed by atoms with E-state index in [0.717, 1.165) is 42.4 Å². The zero-order chi connectivity index (χ0) is 26.4. The van der Waals surface area contributed by atoms with E-state index < -0.39 is 11.9 Å². The fourth-order valence-electron chi connectivity index (χ4n) is 4.41. The fraction of sp³-hybridized carbons (Fsp3) is 0.321. The van der Waals surface area contributed by atoms with Crippen LogP contribution in [0.4, 0.5) is 20.4 Å². The summed E-state index contributed by atoms with van der Waals surface area (Å²) >= 11 is 0. The smallest absolute Gasteiger partial charge is 0.336 e.